The van der Waals surface area contributed by atoms with Crippen LogP contribution in [0.1, 0.15) is 5.56 Å². The summed E-state index contributed by atoms with van der Waals surface area (Å²) in [6, 6.07) is 14.5. The molecular formula is C18H18N4OS. The number of anilines is 1. The minimum absolute atomic E-state index is 0.0631. The molecule has 4 aromatic rings. The molecule has 122 valence electrons. The van der Waals surface area contributed by atoms with Crippen molar-refractivity contribution in [1.82, 2.24) is 14.8 Å². The number of hydrogen-bond acceptors (Lipinski definition) is 4. The Kier molecular flexibility index (Phi) is 4.06. The minimum atomic E-state index is 0.0631. The molecule has 3 heterocycles. The van der Waals surface area contributed by atoms with E-state index in [0.29, 0.717) is 13.1 Å². The lowest BCUT2D eigenvalue weighted by atomic mass is 10.1. The van der Waals surface area contributed by atoms with Gasteiger partial charge in [0.15, 0.2) is 0 Å². The maximum Gasteiger partial charge on any atom is 0.125 e. The first kappa shape index (κ1) is 15.0. The molecule has 0 fully saturated rings. The second kappa shape index (κ2) is 6.51. The predicted molar refractivity (Wildman–Crippen MR) is 98.3 cm³/mol. The fourth-order valence-electron chi connectivity index (χ4n) is 2.86. The van der Waals surface area contributed by atoms with E-state index >= 15 is 0 Å². The number of fused-ring (bicyclic) bond motifs is 1. The molecule has 0 aliphatic carbocycles. The third-order valence-electron chi connectivity index (χ3n) is 4.01. The molecule has 5 nitrogen and oxygen atoms in total. The Morgan fingerprint density at radius 1 is 1.21 bits per heavy atom. The van der Waals surface area contributed by atoms with Crippen LogP contribution in [-0.4, -0.2) is 26.5 Å². The van der Waals surface area contributed by atoms with E-state index in [2.05, 4.69) is 45.7 Å². The number of nitrogens with one attached hydrogen (secondary N) is 2. The lowest BCUT2D eigenvalue weighted by Crippen LogP contribution is -2.10. The van der Waals surface area contributed by atoms with Gasteiger partial charge in [0.25, 0.3) is 0 Å². The number of thiophene rings is 1. The van der Waals surface area contributed by atoms with E-state index in [1.54, 1.807) is 11.3 Å². The Balaban J connectivity index is 1.60. The Bertz CT molecular complexity index is 939. The summed E-state index contributed by atoms with van der Waals surface area (Å²) < 4.78 is 1.83. The van der Waals surface area contributed by atoms with Gasteiger partial charge in [-0.1, -0.05) is 18.2 Å². The molecule has 0 saturated heterocycles. The van der Waals surface area contributed by atoms with Gasteiger partial charge in [-0.15, -0.1) is 11.3 Å². The van der Waals surface area contributed by atoms with E-state index in [1.807, 2.05) is 28.4 Å². The highest BCUT2D eigenvalue weighted by atomic mass is 32.1. The Morgan fingerprint density at radius 3 is 3.00 bits per heavy atom. The molecule has 0 aliphatic heterocycles. The van der Waals surface area contributed by atoms with E-state index in [-0.39, 0.29) is 6.61 Å². The zero-order valence-electron chi connectivity index (χ0n) is 13.1. The van der Waals surface area contributed by atoms with Crippen LogP contribution in [0.15, 0.2) is 54.0 Å². The fourth-order valence-corrected chi connectivity index (χ4v) is 3.54. The molecule has 0 aliphatic rings. The molecule has 0 atom stereocenters. The van der Waals surface area contributed by atoms with E-state index in [9.17, 15) is 5.11 Å². The molecule has 0 amide bonds. The quantitative estimate of drug-likeness (QED) is 0.502. The van der Waals surface area contributed by atoms with Crippen molar-refractivity contribution in [2.24, 2.45) is 0 Å². The summed E-state index contributed by atoms with van der Waals surface area (Å²) in [5.41, 5.74) is 3.29. The van der Waals surface area contributed by atoms with Crippen LogP contribution in [0.3, 0.4) is 0 Å². The second-order valence-electron chi connectivity index (χ2n) is 5.55. The van der Waals surface area contributed by atoms with Crippen LogP contribution in [0, 0.1) is 0 Å². The van der Waals surface area contributed by atoms with Crippen molar-refractivity contribution in [3.63, 3.8) is 0 Å². The average molecular weight is 338 g/mol. The van der Waals surface area contributed by atoms with Crippen LogP contribution in [-0.2, 0) is 13.1 Å². The van der Waals surface area contributed by atoms with Crippen LogP contribution in [0.25, 0.3) is 21.5 Å². The number of H-pyrrole nitrogens is 1. The van der Waals surface area contributed by atoms with Crippen LogP contribution >= 0.6 is 11.3 Å². The number of benzene rings is 1. The van der Waals surface area contributed by atoms with Gasteiger partial charge in [-0.05, 0) is 29.1 Å². The smallest absolute Gasteiger partial charge is 0.125 e. The molecule has 0 bridgehead atoms. The summed E-state index contributed by atoms with van der Waals surface area (Å²) in [6.45, 7) is 1.24. The minimum Gasteiger partial charge on any atom is -0.394 e. The van der Waals surface area contributed by atoms with E-state index in [4.69, 9.17) is 0 Å². The first-order chi connectivity index (χ1) is 11.8. The lowest BCUT2D eigenvalue weighted by Gasteiger charge is -2.09. The largest absolute Gasteiger partial charge is 0.394 e. The van der Waals surface area contributed by atoms with Crippen LogP contribution < -0.4 is 5.32 Å². The normalized spacial score (nSPS) is 11.2. The highest BCUT2D eigenvalue weighted by Crippen LogP contribution is 2.27. The van der Waals surface area contributed by atoms with E-state index in [1.165, 1.54) is 10.9 Å². The van der Waals surface area contributed by atoms with Gasteiger partial charge in [0.2, 0.25) is 0 Å². The monoisotopic (exact) mass is 338 g/mol. The number of rotatable bonds is 6. The molecule has 3 N–H and O–H groups in total. The molecule has 4 rings (SSSR count). The van der Waals surface area contributed by atoms with E-state index in [0.717, 1.165) is 21.9 Å². The van der Waals surface area contributed by atoms with Gasteiger partial charge in [0.05, 0.1) is 18.0 Å². The maximum absolute atomic E-state index is 9.29. The number of aromatic nitrogens is 3. The SMILES string of the molecule is OCCn1nc(-c2cccs2)cc1NCc1cccc2[nH]ccc12. The van der Waals surface area contributed by atoms with E-state index < -0.39 is 0 Å². The van der Waals surface area contributed by atoms with Crippen molar-refractivity contribution in [2.45, 2.75) is 13.1 Å². The summed E-state index contributed by atoms with van der Waals surface area (Å²) in [5.74, 6) is 0.917. The molecule has 1 aromatic carbocycles. The van der Waals surface area contributed by atoms with Crippen molar-refractivity contribution in [3.05, 3.63) is 59.6 Å². The third kappa shape index (κ3) is 2.81. The molecule has 0 unspecified atom stereocenters. The third-order valence-corrected chi connectivity index (χ3v) is 4.90. The Hall–Kier alpha value is -2.57. The molecule has 0 saturated carbocycles. The molecule has 3 aromatic heterocycles. The van der Waals surface area contributed by atoms with Gasteiger partial charge in [0.1, 0.15) is 11.5 Å². The van der Waals surface area contributed by atoms with Gasteiger partial charge in [-0.25, -0.2) is 4.68 Å². The Morgan fingerprint density at radius 2 is 2.17 bits per heavy atom. The van der Waals surface area contributed by atoms with Gasteiger partial charge in [0, 0.05) is 29.7 Å². The number of aromatic amines is 1. The zero-order chi connectivity index (χ0) is 16.4. The molecular weight excluding hydrogens is 320 g/mol. The number of aliphatic hydroxyl groups excluding tert-OH is 1. The Labute approximate surface area is 143 Å². The van der Waals surface area contributed by atoms with Crippen LogP contribution in [0.4, 0.5) is 5.82 Å². The highest BCUT2D eigenvalue weighted by Gasteiger charge is 2.10. The predicted octanol–water partition coefficient (Wildman–Crippen LogP) is 3.70. The van der Waals surface area contributed by atoms with Gasteiger partial charge >= 0.3 is 0 Å². The van der Waals surface area contributed by atoms with Gasteiger partial charge in [-0.3, -0.25) is 0 Å². The summed E-state index contributed by atoms with van der Waals surface area (Å²) >= 11 is 1.66. The zero-order valence-corrected chi connectivity index (χ0v) is 13.9. The van der Waals surface area contributed by atoms with Gasteiger partial charge in [-0.2, -0.15) is 5.10 Å². The topological polar surface area (TPSA) is 65.9 Å². The van der Waals surface area contributed by atoms with Crippen molar-refractivity contribution >= 4 is 28.1 Å². The van der Waals surface area contributed by atoms with Crippen LogP contribution in [0.5, 0.6) is 0 Å². The molecule has 6 heteroatoms. The second-order valence-corrected chi connectivity index (χ2v) is 6.50. The number of hydrogen-bond donors (Lipinski definition) is 3. The van der Waals surface area contributed by atoms with Crippen molar-refractivity contribution < 1.29 is 5.11 Å². The summed E-state index contributed by atoms with van der Waals surface area (Å²) in [6.07, 6.45) is 1.96. The number of nitrogens with zero attached hydrogens (tertiary/aromatic N) is 2. The lowest BCUT2D eigenvalue weighted by molar-refractivity contribution is 0.270. The first-order valence-corrected chi connectivity index (χ1v) is 8.74. The molecule has 0 radical (unpaired) electrons. The molecule has 24 heavy (non-hydrogen) atoms. The molecule has 0 spiro atoms. The van der Waals surface area contributed by atoms with Gasteiger partial charge < -0.3 is 15.4 Å². The number of aliphatic hydroxyl groups is 1. The van der Waals surface area contributed by atoms with Crippen LogP contribution in [0.2, 0.25) is 0 Å². The first-order valence-electron chi connectivity index (χ1n) is 7.86. The van der Waals surface area contributed by atoms with Crippen molar-refractivity contribution in [1.29, 1.82) is 0 Å². The fraction of sp³-hybridized carbons (Fsp3) is 0.167. The highest BCUT2D eigenvalue weighted by molar-refractivity contribution is 7.13. The average Bonchev–Trinajstić information content (AvgIpc) is 3.33. The van der Waals surface area contributed by atoms with Crippen molar-refractivity contribution in [2.75, 3.05) is 11.9 Å². The summed E-state index contributed by atoms with van der Waals surface area (Å²) in [4.78, 5) is 4.36. The van der Waals surface area contributed by atoms with Crippen molar-refractivity contribution in [3.8, 4) is 10.6 Å². The maximum atomic E-state index is 9.29. The standard InChI is InChI=1S/C18H18N4OS/c23-9-8-22-18(11-16(21-22)17-5-2-10-24-17)20-12-13-3-1-4-15-14(13)6-7-19-15/h1-7,10-11,19-20,23H,8-9,12H2. The summed E-state index contributed by atoms with van der Waals surface area (Å²) in [5, 5.41) is 20.6. The summed E-state index contributed by atoms with van der Waals surface area (Å²) in [7, 11) is 0.